The van der Waals surface area contributed by atoms with Crippen molar-refractivity contribution in [3.8, 4) is 80.1 Å². The monoisotopic (exact) mass is 1810 g/mol. The van der Waals surface area contributed by atoms with E-state index >= 15 is 28.8 Å². The number of aliphatic hydroxyl groups is 3. The van der Waals surface area contributed by atoms with E-state index in [9.17, 15) is 50.4 Å². The summed E-state index contributed by atoms with van der Waals surface area (Å²) in [7, 11) is 13.1. The maximum atomic E-state index is 16.8. The molecule has 7 heterocycles. The number of benzene rings is 7. The van der Waals surface area contributed by atoms with Crippen LogP contribution in [0.4, 0.5) is 0 Å². The number of rotatable bonds is 28. The Balaban J connectivity index is 1.05. The molecule has 0 saturated carbocycles. The van der Waals surface area contributed by atoms with E-state index in [-0.39, 0.29) is 93.0 Å². The van der Waals surface area contributed by atoms with Crippen molar-refractivity contribution in [1.82, 2.24) is 63.0 Å². The highest BCUT2D eigenvalue weighted by Crippen LogP contribution is 2.51. The predicted molar refractivity (Wildman–Crippen MR) is 473 cm³/mol. The Bertz CT molecular complexity index is 5220. The van der Waals surface area contributed by atoms with Crippen LogP contribution in [0.1, 0.15) is 158 Å². The smallest absolute Gasteiger partial charge is 0.252 e. The zero-order valence-corrected chi connectivity index (χ0v) is 74.1. The first-order valence-electron chi connectivity index (χ1n) is 43.0. The zero-order chi connectivity index (χ0) is 92.1. The second kappa shape index (κ2) is 42.7. The molecule has 20 N–H and O–H groups in total. The lowest BCUT2D eigenvalue weighted by molar-refractivity contribution is -0.890. The lowest BCUT2D eigenvalue weighted by Gasteiger charge is -2.40. The van der Waals surface area contributed by atoms with Gasteiger partial charge in [-0.2, -0.15) is 0 Å². The van der Waals surface area contributed by atoms with E-state index < -0.39 is 188 Å². The summed E-state index contributed by atoms with van der Waals surface area (Å²) >= 11 is 14.3. The Hall–Kier alpha value is -11.3. The number of aliphatic hydroxyl groups excluding tert-OH is 3. The van der Waals surface area contributed by atoms with Crippen LogP contribution in [0.5, 0.6) is 69.0 Å². The van der Waals surface area contributed by atoms with Crippen LogP contribution in [0, 0.1) is 0 Å². The number of hydrogen-bond acceptors (Lipinski definition) is 26. The van der Waals surface area contributed by atoms with E-state index in [0.29, 0.717) is 44.5 Å². The van der Waals surface area contributed by atoms with Gasteiger partial charge in [-0.15, -0.1) is 0 Å². The van der Waals surface area contributed by atoms with Gasteiger partial charge < -0.3 is 138 Å². The molecular weight excluding hydrogens is 1700 g/mol. The van der Waals surface area contributed by atoms with Crippen molar-refractivity contribution < 1.29 is 107 Å². The average Bonchev–Trinajstić information content (AvgIpc) is 0.749. The van der Waals surface area contributed by atoms with Gasteiger partial charge in [0.2, 0.25) is 53.4 Å². The molecule has 0 radical (unpaired) electrons. The molecule has 0 spiro atoms. The summed E-state index contributed by atoms with van der Waals surface area (Å²) in [6.07, 6.45) is 0.659. The number of hydrogen-bond donors (Lipinski definition) is 19. The van der Waals surface area contributed by atoms with Gasteiger partial charge in [0, 0.05) is 61.8 Å². The Kier molecular flexibility index (Phi) is 32.0. The summed E-state index contributed by atoms with van der Waals surface area (Å²) < 4.78 is 33.4. The summed E-state index contributed by atoms with van der Waals surface area (Å²) in [6.45, 7) is 5.24. The number of nitrogens with one attached hydrogen (secondary N) is 10. The summed E-state index contributed by atoms with van der Waals surface area (Å²) in [4.78, 5) is 129. The minimum absolute atomic E-state index is 0.00590. The van der Waals surface area contributed by atoms with Crippen molar-refractivity contribution >= 4 is 70.5 Å². The fraction of sp³-hybridized carbons (Fsp3) is 0.451. The van der Waals surface area contributed by atoms with Gasteiger partial charge in [-0.3, -0.25) is 38.4 Å². The quantitative estimate of drug-likeness (QED) is 0.0185. The molecule has 1 fully saturated rings. The summed E-state index contributed by atoms with van der Waals surface area (Å²) in [5, 5.41) is 124. The molecule has 14 rings (SSSR count). The second-order valence-corrected chi connectivity index (χ2v) is 34.9. The molecule has 0 aliphatic carbocycles. The number of nitrogens with zero attached hydrogens (tertiary/aromatic N) is 3. The Morgan fingerprint density at radius 1 is 0.547 bits per heavy atom. The number of ether oxygens (including phenoxy) is 5. The third-order valence-corrected chi connectivity index (χ3v) is 24.1. The average molecular weight is 1810 g/mol. The number of likely N-dealkylation sites (N-methyl/N-ethyl adjacent to an activating group) is 1. The summed E-state index contributed by atoms with van der Waals surface area (Å²) in [5.74, 6) is -14.6. The normalized spacial score (nSPS) is 22.4. The number of fused-ring (bicyclic) bond motifs is 14. The second-order valence-electron chi connectivity index (χ2n) is 34.1. The standard InChI is InChI=1S/C91H114Cl2N14O21/c1-9-10-11-12-13-14-15-16-35-107(7,8)36-19-30-96-46-57-62(110)45-55-68(78(57)113)54-38-48(22-27-60(54)108)72-86(119)104-76(89(122)103-74(55)84(117)97-31-17-33-105(3)4)77(112)50-24-29-64(58(92)39-50)126-67-42-51-41-66(81(67)127-91-70(94)79(114)80(115)82(128-91)90(123)98-32-18-34-106(5)6)124-52-25-20-47(21-26-52)37-59-83(116)102-75(88(121)101-73(51)87(120)100-72)56-43-53(44-63(111)69(56)93)125-65-40-49(23-28-61(65)109)71(95-2)85(118)99-59/h20-29,38-45,59,70-77,79-80,82,91,95-96,112,114-115H,9-19,30-37,46,94H2,1-8H3,(H12-,97,98,99,100,101,102,103,104,108,109,110,111,113,116,117,118,119,120,121,122,123)/p+1/t59-,70-,71+,72-,73-,74+,75+,76+,77-,79-,80+,82+,91-/m1/s1. The topological polar surface area (TPSA) is 497 Å². The number of phenolic OH excluding ortho intramolecular Hbond substituents is 5. The van der Waals surface area contributed by atoms with Gasteiger partial charge in [-0.1, -0.05) is 99.0 Å². The molecule has 1 saturated heterocycles. The SMILES string of the molecule is CCCCCCCCCC[N+](C)(C)CCCNCc1c(O)cc2c(c1O)-c1cc(ccc1O)[C@H]1NC(=O)[C@@H]3NC(=O)[C@H]4NC(=O)[C@@H](Cc5ccc(cc5)Oc5cc3cc(c5O[C@@H]3O[C@H](C(=O)NCCCN(C)C)[C@@H](O)[C@H](O)[C@H]3N)Oc3ccc(cc3Cl)[C@@H](O)[C@H](NC1=O)C(=O)N[C@@H]2C(=O)NCCCN(C)C)NC(=O)[C@@H](NC)c1ccc(O)c(c1)Oc1cc(O)c(Cl)c4c1. The molecule has 13 atom stereocenters. The van der Waals surface area contributed by atoms with E-state index in [1.165, 1.54) is 112 Å². The number of halogens is 2. The molecule has 37 heteroatoms. The van der Waals surface area contributed by atoms with Crippen molar-refractivity contribution in [2.75, 3.05) is 95.1 Å². The van der Waals surface area contributed by atoms with Crippen LogP contribution in [0.2, 0.25) is 10.0 Å². The van der Waals surface area contributed by atoms with Gasteiger partial charge in [0.05, 0.1) is 48.8 Å². The summed E-state index contributed by atoms with van der Waals surface area (Å²) in [6, 6.07) is 7.16. The molecule has 128 heavy (non-hydrogen) atoms. The molecule has 35 nitrogen and oxygen atoms in total. The van der Waals surface area contributed by atoms with Gasteiger partial charge in [-0.25, -0.2) is 0 Å². The van der Waals surface area contributed by atoms with Crippen molar-refractivity contribution in [3.63, 3.8) is 0 Å². The predicted octanol–water partition coefficient (Wildman–Crippen LogP) is 6.44. The van der Waals surface area contributed by atoms with Crippen LogP contribution in [0.15, 0.2) is 109 Å². The number of amides is 8. The van der Waals surface area contributed by atoms with Crippen molar-refractivity contribution in [1.29, 1.82) is 0 Å². The van der Waals surface area contributed by atoms with Crippen molar-refractivity contribution in [3.05, 3.63) is 164 Å². The first-order valence-corrected chi connectivity index (χ1v) is 43.7. The Morgan fingerprint density at radius 3 is 1.83 bits per heavy atom. The van der Waals surface area contributed by atoms with Crippen LogP contribution in [0.3, 0.4) is 0 Å². The van der Waals surface area contributed by atoms with Crippen LogP contribution in [0.25, 0.3) is 11.1 Å². The molecule has 17 bridgehead atoms. The molecule has 688 valence electrons. The van der Waals surface area contributed by atoms with Crippen molar-refractivity contribution in [2.45, 2.75) is 170 Å². The molecule has 7 aliphatic rings. The highest BCUT2D eigenvalue weighted by Gasteiger charge is 2.49. The van der Waals surface area contributed by atoms with E-state index in [1.807, 2.05) is 38.0 Å². The minimum Gasteiger partial charge on any atom is -0.507 e. The number of phenols is 5. The van der Waals surface area contributed by atoms with Crippen LogP contribution in [-0.4, -0.2) is 240 Å². The Morgan fingerprint density at radius 2 is 1.15 bits per heavy atom. The fourth-order valence-electron chi connectivity index (χ4n) is 16.2. The van der Waals surface area contributed by atoms with Crippen LogP contribution >= 0.6 is 23.2 Å². The first kappa shape index (κ1) is 95.8. The number of unbranched alkanes of at least 4 members (excludes halogenated alkanes) is 7. The number of nitrogens with two attached hydrogens (primary N) is 1. The van der Waals surface area contributed by atoms with Gasteiger partial charge >= 0.3 is 0 Å². The minimum atomic E-state index is -2.33. The molecule has 8 amide bonds. The van der Waals surface area contributed by atoms with Crippen LogP contribution < -0.4 is 77.8 Å². The summed E-state index contributed by atoms with van der Waals surface area (Å²) in [5.41, 5.74) is 4.84. The van der Waals surface area contributed by atoms with Crippen LogP contribution in [-0.2, 0) is 56.1 Å². The maximum Gasteiger partial charge on any atom is 0.252 e. The molecule has 0 unspecified atom stereocenters. The van der Waals surface area contributed by atoms with Gasteiger partial charge in [0.1, 0.15) is 101 Å². The number of quaternary nitrogens is 1. The van der Waals surface area contributed by atoms with Gasteiger partial charge in [0.25, 0.3) is 5.91 Å². The highest BCUT2D eigenvalue weighted by molar-refractivity contribution is 6.33. The Labute approximate surface area is 751 Å². The van der Waals surface area contributed by atoms with E-state index in [1.54, 1.807) is 0 Å². The van der Waals surface area contributed by atoms with Gasteiger partial charge in [0.15, 0.2) is 29.1 Å². The molecular formula is C91H115Cl2N14O21+. The fourth-order valence-corrected chi connectivity index (χ4v) is 16.7. The first-order chi connectivity index (χ1) is 61.1. The van der Waals surface area contributed by atoms with Gasteiger partial charge in [-0.05, 0) is 180 Å². The molecule has 7 aromatic carbocycles. The highest BCUT2D eigenvalue weighted by atomic mass is 35.5. The third kappa shape index (κ3) is 23.0. The van der Waals surface area contributed by atoms with E-state index in [4.69, 9.17) is 52.6 Å². The number of carbonyl (C=O) groups is 8. The maximum absolute atomic E-state index is 16.8. The molecule has 0 aromatic heterocycles. The largest absolute Gasteiger partial charge is 0.507 e. The van der Waals surface area contributed by atoms with E-state index in [0.717, 1.165) is 72.9 Å². The third-order valence-electron chi connectivity index (χ3n) is 23.4. The number of carbonyl (C=O) groups excluding carboxylic acids is 8. The zero-order valence-electron chi connectivity index (χ0n) is 72.6. The van der Waals surface area contributed by atoms with E-state index in [2.05, 4.69) is 74.2 Å². The molecule has 7 aliphatic heterocycles. The lowest BCUT2D eigenvalue weighted by atomic mass is 9.87. The molecule has 7 aromatic rings. The number of aromatic hydroxyl groups is 5. The van der Waals surface area contributed by atoms with Crippen molar-refractivity contribution in [2.24, 2.45) is 5.73 Å². The lowest BCUT2D eigenvalue weighted by Crippen LogP contribution is -2.65.